The molecule has 2 saturated heterocycles. The minimum Gasteiger partial charge on any atom is -0.349 e. The van der Waals surface area contributed by atoms with E-state index in [4.69, 9.17) is 0 Å². The molecule has 2 amide bonds. The van der Waals surface area contributed by atoms with Gasteiger partial charge >= 0.3 is 0 Å². The smallest absolute Gasteiger partial charge is 0.228 e. The van der Waals surface area contributed by atoms with E-state index in [1.807, 2.05) is 37.3 Å². The summed E-state index contributed by atoms with van der Waals surface area (Å²) in [5.41, 5.74) is 1.10. The average Bonchev–Trinajstić information content (AvgIpc) is 3.37. The van der Waals surface area contributed by atoms with E-state index in [1.54, 1.807) is 4.90 Å². The average molecular weight is 400 g/mol. The van der Waals surface area contributed by atoms with Crippen molar-refractivity contribution in [3.63, 3.8) is 0 Å². The van der Waals surface area contributed by atoms with Crippen LogP contribution in [-0.4, -0.2) is 41.6 Å². The van der Waals surface area contributed by atoms with Gasteiger partial charge in [-0.05, 0) is 31.7 Å². The van der Waals surface area contributed by atoms with Crippen LogP contribution in [0.1, 0.15) is 44.2 Å². The monoisotopic (exact) mass is 399 g/mol. The lowest BCUT2D eigenvalue weighted by molar-refractivity contribution is -0.126. The number of nitrogens with one attached hydrogen (secondary N) is 1. The molecule has 28 heavy (non-hydrogen) atoms. The van der Waals surface area contributed by atoms with E-state index in [9.17, 15) is 9.59 Å². The minimum atomic E-state index is -0.0688. The molecule has 2 aromatic rings. The third-order valence-electron chi connectivity index (χ3n) is 5.43. The van der Waals surface area contributed by atoms with Crippen LogP contribution in [0.3, 0.4) is 0 Å². The molecule has 2 aliphatic rings. The molecule has 148 valence electrons. The fourth-order valence-electron chi connectivity index (χ4n) is 3.82. The predicted molar refractivity (Wildman–Crippen MR) is 109 cm³/mol. The van der Waals surface area contributed by atoms with Crippen molar-refractivity contribution in [1.29, 1.82) is 0 Å². The summed E-state index contributed by atoms with van der Waals surface area (Å²) < 4.78 is 0. The molecule has 8 heteroatoms. The molecule has 0 radical (unpaired) electrons. The molecule has 2 fully saturated rings. The number of aromatic nitrogens is 2. The van der Waals surface area contributed by atoms with Gasteiger partial charge in [0, 0.05) is 26.1 Å². The Morgan fingerprint density at radius 2 is 1.96 bits per heavy atom. The maximum atomic E-state index is 12.8. The van der Waals surface area contributed by atoms with Crippen LogP contribution in [0.2, 0.25) is 0 Å². The van der Waals surface area contributed by atoms with Gasteiger partial charge in [-0.1, -0.05) is 41.7 Å². The van der Waals surface area contributed by atoms with Crippen molar-refractivity contribution in [2.45, 2.75) is 38.6 Å². The highest BCUT2D eigenvalue weighted by molar-refractivity contribution is 7.19. The first-order chi connectivity index (χ1) is 13.6. The zero-order valence-electron chi connectivity index (χ0n) is 16.0. The fourth-order valence-corrected chi connectivity index (χ4v) is 4.74. The van der Waals surface area contributed by atoms with Crippen molar-refractivity contribution in [3.05, 3.63) is 35.9 Å². The highest BCUT2D eigenvalue weighted by Gasteiger charge is 2.30. The van der Waals surface area contributed by atoms with E-state index in [2.05, 4.69) is 20.4 Å². The van der Waals surface area contributed by atoms with Crippen LogP contribution in [0.15, 0.2) is 30.3 Å². The van der Waals surface area contributed by atoms with Gasteiger partial charge in [0.1, 0.15) is 0 Å². The van der Waals surface area contributed by atoms with Gasteiger partial charge in [0.15, 0.2) is 0 Å². The van der Waals surface area contributed by atoms with Gasteiger partial charge in [0.2, 0.25) is 22.1 Å². The van der Waals surface area contributed by atoms with Crippen molar-refractivity contribution in [3.8, 4) is 0 Å². The number of rotatable bonds is 5. The van der Waals surface area contributed by atoms with Gasteiger partial charge in [0.25, 0.3) is 0 Å². The first-order valence-corrected chi connectivity index (χ1v) is 10.7. The van der Waals surface area contributed by atoms with Gasteiger partial charge < -0.3 is 10.2 Å². The van der Waals surface area contributed by atoms with Gasteiger partial charge in [-0.25, -0.2) is 0 Å². The molecule has 7 nitrogen and oxygen atoms in total. The maximum Gasteiger partial charge on any atom is 0.228 e. The largest absolute Gasteiger partial charge is 0.349 e. The van der Waals surface area contributed by atoms with Crippen LogP contribution in [0.4, 0.5) is 10.3 Å². The number of piperidine rings is 1. The summed E-state index contributed by atoms with van der Waals surface area (Å²) in [4.78, 5) is 28.6. The molecule has 1 aromatic carbocycles. The molecule has 0 saturated carbocycles. The standard InChI is InChI=1S/C20H25N5O2S/c1-14(15-7-3-2-4-8-15)21-18(27)16-9-5-11-24(13-16)19-22-23-20(28-19)25-12-6-10-17(25)26/h2-4,7-8,14,16H,5-6,9-13H2,1H3,(H,21,27). The lowest BCUT2D eigenvalue weighted by atomic mass is 9.96. The second-order valence-electron chi connectivity index (χ2n) is 7.44. The number of nitrogens with zero attached hydrogens (tertiary/aromatic N) is 4. The molecule has 3 heterocycles. The van der Waals surface area contributed by atoms with E-state index in [0.29, 0.717) is 18.1 Å². The van der Waals surface area contributed by atoms with Crippen molar-refractivity contribution < 1.29 is 9.59 Å². The maximum absolute atomic E-state index is 12.8. The Balaban J connectivity index is 1.38. The van der Waals surface area contributed by atoms with E-state index in [1.165, 1.54) is 11.3 Å². The highest BCUT2D eigenvalue weighted by Crippen LogP contribution is 2.32. The number of hydrogen-bond acceptors (Lipinski definition) is 6. The molecule has 0 spiro atoms. The highest BCUT2D eigenvalue weighted by atomic mass is 32.1. The van der Waals surface area contributed by atoms with Crippen molar-refractivity contribution >= 4 is 33.4 Å². The molecule has 0 aliphatic carbocycles. The topological polar surface area (TPSA) is 78.4 Å². The number of amides is 2. The van der Waals surface area contributed by atoms with E-state index in [-0.39, 0.29) is 23.8 Å². The molecule has 2 unspecified atom stereocenters. The second-order valence-corrected chi connectivity index (χ2v) is 8.38. The van der Waals surface area contributed by atoms with Crippen molar-refractivity contribution in [1.82, 2.24) is 15.5 Å². The van der Waals surface area contributed by atoms with Gasteiger partial charge in [0.05, 0.1) is 12.0 Å². The lowest BCUT2D eigenvalue weighted by Gasteiger charge is -2.32. The molecule has 2 atom stereocenters. The Bertz CT molecular complexity index is 840. The van der Waals surface area contributed by atoms with E-state index >= 15 is 0 Å². The van der Waals surface area contributed by atoms with Crippen LogP contribution in [0, 0.1) is 5.92 Å². The third-order valence-corrected chi connectivity index (χ3v) is 6.44. The normalized spacial score (nSPS) is 21.0. The summed E-state index contributed by atoms with van der Waals surface area (Å²) >= 11 is 1.44. The first kappa shape index (κ1) is 18.9. The summed E-state index contributed by atoms with van der Waals surface area (Å²) in [7, 11) is 0. The molecule has 0 bridgehead atoms. The molecule has 4 rings (SSSR count). The summed E-state index contributed by atoms with van der Waals surface area (Å²) in [6.07, 6.45) is 3.27. The van der Waals surface area contributed by atoms with Crippen LogP contribution >= 0.6 is 11.3 Å². The van der Waals surface area contributed by atoms with Crippen LogP contribution < -0.4 is 15.1 Å². The van der Waals surface area contributed by atoms with Crippen LogP contribution in [0.25, 0.3) is 0 Å². The van der Waals surface area contributed by atoms with Crippen LogP contribution in [0.5, 0.6) is 0 Å². The quantitative estimate of drug-likeness (QED) is 0.836. The number of hydrogen-bond donors (Lipinski definition) is 1. The Kier molecular flexibility index (Phi) is 5.57. The second kappa shape index (κ2) is 8.26. The zero-order chi connectivity index (χ0) is 19.5. The summed E-state index contributed by atoms with van der Waals surface area (Å²) in [6.45, 7) is 4.23. The van der Waals surface area contributed by atoms with Gasteiger partial charge in [-0.3, -0.25) is 14.5 Å². The Morgan fingerprint density at radius 1 is 1.18 bits per heavy atom. The molecule has 1 N–H and O–H groups in total. The molecular weight excluding hydrogens is 374 g/mol. The molecule has 1 aromatic heterocycles. The number of carbonyl (C=O) groups excluding carboxylic acids is 2. The summed E-state index contributed by atoms with van der Waals surface area (Å²) in [5.74, 6) is 0.134. The molecular formula is C20H25N5O2S. The Hall–Kier alpha value is -2.48. The molecule has 2 aliphatic heterocycles. The lowest BCUT2D eigenvalue weighted by Crippen LogP contribution is -2.43. The minimum absolute atomic E-state index is 0.0154. The number of carbonyl (C=O) groups is 2. The number of anilines is 2. The van der Waals surface area contributed by atoms with Gasteiger partial charge in [-0.15, -0.1) is 10.2 Å². The van der Waals surface area contributed by atoms with Crippen molar-refractivity contribution in [2.24, 2.45) is 5.92 Å². The summed E-state index contributed by atoms with van der Waals surface area (Å²) in [5, 5.41) is 13.1. The fraction of sp³-hybridized carbons (Fsp3) is 0.500. The summed E-state index contributed by atoms with van der Waals surface area (Å²) in [6, 6.07) is 9.99. The van der Waals surface area contributed by atoms with E-state index < -0.39 is 0 Å². The number of benzene rings is 1. The van der Waals surface area contributed by atoms with Crippen molar-refractivity contribution in [2.75, 3.05) is 29.4 Å². The first-order valence-electron chi connectivity index (χ1n) is 9.86. The zero-order valence-corrected chi connectivity index (χ0v) is 16.8. The predicted octanol–water partition coefficient (Wildman–Crippen LogP) is 2.76. The van der Waals surface area contributed by atoms with Crippen LogP contribution in [-0.2, 0) is 9.59 Å². The SMILES string of the molecule is CC(NC(=O)C1CCCN(c2nnc(N3CCCC3=O)s2)C1)c1ccccc1. The Labute approximate surface area is 168 Å². The van der Waals surface area contributed by atoms with Gasteiger partial charge in [-0.2, -0.15) is 0 Å². The van der Waals surface area contributed by atoms with E-state index in [0.717, 1.165) is 43.0 Å². The third kappa shape index (κ3) is 4.01. The Morgan fingerprint density at radius 3 is 2.71 bits per heavy atom.